The maximum Gasteiger partial charge on any atom is 0.239 e. The number of nitrogens with two attached hydrogens (primary N) is 1. The van der Waals surface area contributed by atoms with Crippen molar-refractivity contribution in [3.8, 4) is 0 Å². The van der Waals surface area contributed by atoms with Gasteiger partial charge >= 0.3 is 0 Å². The number of carbonyl (C=O) groups is 1. The number of aliphatic hydroxyl groups excluding tert-OH is 1. The fourth-order valence-corrected chi connectivity index (χ4v) is 3.46. The molecule has 3 rings (SSSR count). The second-order valence-corrected chi connectivity index (χ2v) is 6.57. The lowest BCUT2D eigenvalue weighted by Crippen LogP contribution is -2.48. The van der Waals surface area contributed by atoms with Crippen LogP contribution in [0.4, 0.5) is 0 Å². The summed E-state index contributed by atoms with van der Waals surface area (Å²) >= 11 is 0. The standard InChI is InChI=1S/C18H25N3O2/c1-12(22)13-6-8-21(9-7-13)18(23)16(19)10-14-11-20-17-5-3-2-4-15(14)17/h2-5,11-13,16,20,22H,6-10,19H2,1H3/t12?,16-/m0/s1. The predicted molar refractivity (Wildman–Crippen MR) is 91.0 cm³/mol. The summed E-state index contributed by atoms with van der Waals surface area (Å²) in [5.41, 5.74) is 8.32. The normalized spacial score (nSPS) is 19.0. The highest BCUT2D eigenvalue weighted by Gasteiger charge is 2.28. The molecular formula is C18H25N3O2. The van der Waals surface area contributed by atoms with E-state index in [1.165, 1.54) is 0 Å². The van der Waals surface area contributed by atoms with Crippen molar-refractivity contribution in [1.82, 2.24) is 9.88 Å². The zero-order chi connectivity index (χ0) is 16.4. The Morgan fingerprint density at radius 2 is 2.09 bits per heavy atom. The monoisotopic (exact) mass is 315 g/mol. The van der Waals surface area contributed by atoms with Crippen LogP contribution < -0.4 is 5.73 Å². The molecule has 1 aromatic heterocycles. The van der Waals surface area contributed by atoms with Gasteiger partial charge in [0.1, 0.15) is 0 Å². The smallest absolute Gasteiger partial charge is 0.239 e. The molecule has 1 aliphatic heterocycles. The first kappa shape index (κ1) is 16.0. The topological polar surface area (TPSA) is 82.3 Å². The predicted octanol–water partition coefficient (Wildman–Crippen LogP) is 1.66. The first-order valence-electron chi connectivity index (χ1n) is 8.33. The van der Waals surface area contributed by atoms with Gasteiger partial charge < -0.3 is 20.7 Å². The molecule has 1 aromatic carbocycles. The van der Waals surface area contributed by atoms with E-state index in [0.717, 1.165) is 29.3 Å². The molecule has 4 N–H and O–H groups in total. The maximum absolute atomic E-state index is 12.6. The Labute approximate surface area is 136 Å². The van der Waals surface area contributed by atoms with E-state index in [-0.39, 0.29) is 12.0 Å². The third-order valence-corrected chi connectivity index (χ3v) is 4.97. The number of nitrogens with zero attached hydrogens (tertiary/aromatic N) is 1. The molecule has 124 valence electrons. The summed E-state index contributed by atoms with van der Waals surface area (Å²) in [5, 5.41) is 10.8. The number of aromatic nitrogens is 1. The van der Waals surface area contributed by atoms with Crippen LogP contribution in [0.1, 0.15) is 25.3 Å². The first-order valence-corrected chi connectivity index (χ1v) is 8.33. The largest absolute Gasteiger partial charge is 0.393 e. The van der Waals surface area contributed by atoms with E-state index in [4.69, 9.17) is 5.73 Å². The van der Waals surface area contributed by atoms with Crippen LogP contribution in [0.2, 0.25) is 0 Å². The minimum Gasteiger partial charge on any atom is -0.393 e. The van der Waals surface area contributed by atoms with Gasteiger partial charge in [-0.3, -0.25) is 4.79 Å². The van der Waals surface area contributed by atoms with Crippen molar-refractivity contribution in [2.45, 2.75) is 38.3 Å². The fourth-order valence-electron chi connectivity index (χ4n) is 3.46. The molecule has 0 spiro atoms. The Balaban J connectivity index is 1.62. The van der Waals surface area contributed by atoms with Crippen molar-refractivity contribution < 1.29 is 9.90 Å². The van der Waals surface area contributed by atoms with Crippen molar-refractivity contribution in [2.24, 2.45) is 11.7 Å². The molecule has 1 unspecified atom stereocenters. The molecule has 5 heteroatoms. The van der Waals surface area contributed by atoms with Crippen LogP contribution in [0.3, 0.4) is 0 Å². The summed E-state index contributed by atoms with van der Waals surface area (Å²) < 4.78 is 0. The average molecular weight is 315 g/mol. The number of rotatable bonds is 4. The van der Waals surface area contributed by atoms with Crippen LogP contribution in [-0.2, 0) is 11.2 Å². The van der Waals surface area contributed by atoms with Gasteiger partial charge in [0, 0.05) is 30.2 Å². The SMILES string of the molecule is CC(O)C1CCN(C(=O)[C@@H](N)Cc2c[nH]c3ccccc23)CC1. The molecule has 1 fully saturated rings. The number of H-pyrrole nitrogens is 1. The zero-order valence-corrected chi connectivity index (χ0v) is 13.5. The molecular weight excluding hydrogens is 290 g/mol. The summed E-state index contributed by atoms with van der Waals surface area (Å²) in [6.45, 7) is 3.21. The minimum absolute atomic E-state index is 0.0133. The summed E-state index contributed by atoms with van der Waals surface area (Å²) in [7, 11) is 0. The van der Waals surface area contributed by atoms with E-state index in [1.807, 2.05) is 42.3 Å². The number of amides is 1. The van der Waals surface area contributed by atoms with E-state index < -0.39 is 6.04 Å². The van der Waals surface area contributed by atoms with Crippen LogP contribution >= 0.6 is 0 Å². The van der Waals surface area contributed by atoms with Gasteiger partial charge in [-0.25, -0.2) is 0 Å². The molecule has 0 saturated carbocycles. The second-order valence-electron chi connectivity index (χ2n) is 6.57. The number of nitrogens with one attached hydrogen (secondary N) is 1. The van der Waals surface area contributed by atoms with E-state index in [9.17, 15) is 9.90 Å². The number of aromatic amines is 1. The molecule has 23 heavy (non-hydrogen) atoms. The number of piperidine rings is 1. The number of hydrogen-bond donors (Lipinski definition) is 3. The lowest BCUT2D eigenvalue weighted by Gasteiger charge is -2.34. The van der Waals surface area contributed by atoms with Gasteiger partial charge in [0.05, 0.1) is 12.1 Å². The van der Waals surface area contributed by atoms with Crippen molar-refractivity contribution in [2.75, 3.05) is 13.1 Å². The van der Waals surface area contributed by atoms with Gasteiger partial charge in [-0.2, -0.15) is 0 Å². The quantitative estimate of drug-likeness (QED) is 0.802. The highest BCUT2D eigenvalue weighted by atomic mass is 16.3. The molecule has 1 amide bonds. The third-order valence-electron chi connectivity index (χ3n) is 4.97. The van der Waals surface area contributed by atoms with Crippen LogP contribution in [0.25, 0.3) is 10.9 Å². The molecule has 0 radical (unpaired) electrons. The molecule has 0 aliphatic carbocycles. The van der Waals surface area contributed by atoms with Gasteiger partial charge in [-0.15, -0.1) is 0 Å². The Kier molecular flexibility index (Phi) is 4.68. The summed E-state index contributed by atoms with van der Waals surface area (Å²) in [6, 6.07) is 7.53. The van der Waals surface area contributed by atoms with E-state index in [0.29, 0.717) is 25.4 Å². The Hall–Kier alpha value is -1.85. The van der Waals surface area contributed by atoms with Crippen LogP contribution in [0.15, 0.2) is 30.5 Å². The lowest BCUT2D eigenvalue weighted by atomic mass is 9.91. The van der Waals surface area contributed by atoms with Crippen LogP contribution in [0, 0.1) is 5.92 Å². The molecule has 5 nitrogen and oxygen atoms in total. The number of likely N-dealkylation sites (tertiary alicyclic amines) is 1. The highest BCUT2D eigenvalue weighted by molar-refractivity contribution is 5.86. The Morgan fingerprint density at radius 1 is 1.39 bits per heavy atom. The molecule has 2 aromatic rings. The number of carbonyl (C=O) groups excluding carboxylic acids is 1. The van der Waals surface area contributed by atoms with Crippen molar-refractivity contribution in [3.05, 3.63) is 36.0 Å². The van der Waals surface area contributed by atoms with Crippen molar-refractivity contribution >= 4 is 16.8 Å². The number of para-hydroxylation sites is 1. The van der Waals surface area contributed by atoms with Gasteiger partial charge in [-0.1, -0.05) is 18.2 Å². The van der Waals surface area contributed by atoms with E-state index >= 15 is 0 Å². The third kappa shape index (κ3) is 3.41. The summed E-state index contributed by atoms with van der Waals surface area (Å²) in [5.74, 6) is 0.309. The van der Waals surface area contributed by atoms with Gasteiger partial charge in [0.2, 0.25) is 5.91 Å². The molecule has 0 bridgehead atoms. The maximum atomic E-state index is 12.6. The lowest BCUT2D eigenvalue weighted by molar-refractivity contribution is -0.134. The van der Waals surface area contributed by atoms with Gasteiger partial charge in [0.15, 0.2) is 0 Å². The van der Waals surface area contributed by atoms with Crippen molar-refractivity contribution in [1.29, 1.82) is 0 Å². The second kappa shape index (κ2) is 6.72. The van der Waals surface area contributed by atoms with E-state index in [2.05, 4.69) is 4.98 Å². The summed E-state index contributed by atoms with van der Waals surface area (Å²) in [6.07, 6.45) is 3.88. The Morgan fingerprint density at radius 3 is 2.78 bits per heavy atom. The number of aliphatic hydroxyl groups is 1. The van der Waals surface area contributed by atoms with Gasteiger partial charge in [-0.05, 0) is 43.7 Å². The minimum atomic E-state index is -0.516. The number of hydrogen-bond acceptors (Lipinski definition) is 3. The highest BCUT2D eigenvalue weighted by Crippen LogP contribution is 2.22. The fraction of sp³-hybridized carbons (Fsp3) is 0.500. The molecule has 1 aliphatic rings. The molecule has 2 atom stereocenters. The van der Waals surface area contributed by atoms with Crippen LogP contribution in [0.5, 0.6) is 0 Å². The summed E-state index contributed by atoms with van der Waals surface area (Å²) in [4.78, 5) is 17.6. The zero-order valence-electron chi connectivity index (χ0n) is 13.5. The van der Waals surface area contributed by atoms with Gasteiger partial charge in [0.25, 0.3) is 0 Å². The van der Waals surface area contributed by atoms with E-state index in [1.54, 1.807) is 0 Å². The van der Waals surface area contributed by atoms with Crippen LogP contribution in [-0.4, -0.2) is 46.1 Å². The molecule has 1 saturated heterocycles. The Bertz CT molecular complexity index is 672. The first-order chi connectivity index (χ1) is 11.1. The number of fused-ring (bicyclic) bond motifs is 1. The van der Waals surface area contributed by atoms with Crippen molar-refractivity contribution in [3.63, 3.8) is 0 Å². The molecule has 2 heterocycles. The number of benzene rings is 1. The average Bonchev–Trinajstić information content (AvgIpc) is 2.97.